The molecule has 1 aromatic carbocycles. The maximum absolute atomic E-state index is 13.2. The number of aryl methyl sites for hydroxylation is 1. The fourth-order valence-corrected chi connectivity index (χ4v) is 4.80. The number of nitrogens with zero attached hydrogens (tertiary/aromatic N) is 4. The van der Waals surface area contributed by atoms with E-state index in [0.717, 1.165) is 11.9 Å². The van der Waals surface area contributed by atoms with E-state index in [1.165, 1.54) is 4.31 Å². The third kappa shape index (κ3) is 5.28. The van der Waals surface area contributed by atoms with Crippen molar-refractivity contribution >= 4 is 21.8 Å². The molecule has 0 aliphatic carbocycles. The van der Waals surface area contributed by atoms with Crippen LogP contribution in [0.2, 0.25) is 0 Å². The fraction of sp³-hybridized carbons (Fsp3) is 0.500. The number of nitrogens with one attached hydrogen (secondary N) is 2. The Bertz CT molecular complexity index is 1010. The monoisotopic (exact) mass is 448 g/mol. The summed E-state index contributed by atoms with van der Waals surface area (Å²) in [6.45, 7) is 6.60. The number of aromatic nitrogens is 3. The molecule has 10 nitrogen and oxygen atoms in total. The normalized spacial score (nSPS) is 16.3. The first-order valence-electron chi connectivity index (χ1n) is 10.2. The van der Waals surface area contributed by atoms with E-state index in [1.54, 1.807) is 17.0 Å². The van der Waals surface area contributed by atoms with Crippen molar-refractivity contribution in [2.45, 2.75) is 38.4 Å². The van der Waals surface area contributed by atoms with Crippen molar-refractivity contribution in [3.63, 3.8) is 0 Å². The lowest BCUT2D eigenvalue weighted by atomic mass is 10.0. The van der Waals surface area contributed by atoms with Gasteiger partial charge in [0, 0.05) is 31.7 Å². The molecule has 0 saturated carbocycles. The summed E-state index contributed by atoms with van der Waals surface area (Å²) in [5, 5.41) is 8.63. The topological polar surface area (TPSA) is 128 Å². The third-order valence-electron chi connectivity index (χ3n) is 5.23. The van der Waals surface area contributed by atoms with Gasteiger partial charge in [0.1, 0.15) is 12.4 Å². The van der Waals surface area contributed by atoms with Crippen molar-refractivity contribution in [2.24, 2.45) is 5.92 Å². The van der Waals surface area contributed by atoms with Gasteiger partial charge in [-0.3, -0.25) is 9.59 Å². The molecule has 0 spiro atoms. The molecule has 2 heterocycles. The second-order valence-electron chi connectivity index (χ2n) is 7.99. The van der Waals surface area contributed by atoms with Gasteiger partial charge in [-0.15, -0.1) is 0 Å². The summed E-state index contributed by atoms with van der Waals surface area (Å²) in [7, 11) is -3.77. The first-order valence-corrected chi connectivity index (χ1v) is 11.6. The molecule has 31 heavy (non-hydrogen) atoms. The van der Waals surface area contributed by atoms with Gasteiger partial charge in [0.25, 0.3) is 21.1 Å². The number of amides is 2. The highest BCUT2D eigenvalue weighted by Gasteiger charge is 2.34. The number of carbonyl (C=O) groups is 2. The van der Waals surface area contributed by atoms with Crippen LogP contribution in [0, 0.1) is 12.8 Å². The SMILES string of the molecule is Cc1ccccc1C(=O)N[C@H](CC(C)C)C(=O)N1CCN(S(=O)(=O)c2ncn[nH]2)CC1. The van der Waals surface area contributed by atoms with Crippen LogP contribution in [0.15, 0.2) is 35.7 Å². The van der Waals surface area contributed by atoms with Crippen LogP contribution in [-0.2, 0) is 14.8 Å². The molecule has 168 valence electrons. The lowest BCUT2D eigenvalue weighted by molar-refractivity contribution is -0.134. The number of hydrogen-bond acceptors (Lipinski definition) is 6. The maximum atomic E-state index is 13.2. The van der Waals surface area contributed by atoms with Crippen LogP contribution in [0.4, 0.5) is 0 Å². The van der Waals surface area contributed by atoms with Crippen LogP contribution in [0.5, 0.6) is 0 Å². The average molecular weight is 449 g/mol. The number of carbonyl (C=O) groups excluding carboxylic acids is 2. The van der Waals surface area contributed by atoms with Crippen molar-refractivity contribution in [2.75, 3.05) is 26.2 Å². The molecule has 3 rings (SSSR count). The molecule has 1 aliphatic rings. The summed E-state index contributed by atoms with van der Waals surface area (Å²) in [5.74, 6) is -0.296. The van der Waals surface area contributed by atoms with Gasteiger partial charge >= 0.3 is 0 Å². The van der Waals surface area contributed by atoms with Gasteiger partial charge in [-0.05, 0) is 30.9 Å². The Morgan fingerprint density at radius 3 is 2.42 bits per heavy atom. The molecule has 2 aromatic rings. The van der Waals surface area contributed by atoms with Crippen molar-refractivity contribution in [1.82, 2.24) is 29.7 Å². The number of H-pyrrole nitrogens is 1. The molecular formula is C20H28N6O4S. The van der Waals surface area contributed by atoms with Crippen LogP contribution in [0.3, 0.4) is 0 Å². The van der Waals surface area contributed by atoms with Gasteiger partial charge < -0.3 is 10.2 Å². The summed E-state index contributed by atoms with van der Waals surface area (Å²) < 4.78 is 26.4. The Morgan fingerprint density at radius 1 is 1.16 bits per heavy atom. The Hall–Kier alpha value is -2.79. The third-order valence-corrected chi connectivity index (χ3v) is 6.96. The van der Waals surface area contributed by atoms with E-state index in [4.69, 9.17) is 0 Å². The molecular weight excluding hydrogens is 420 g/mol. The van der Waals surface area contributed by atoms with E-state index in [2.05, 4.69) is 20.5 Å². The zero-order valence-electron chi connectivity index (χ0n) is 17.9. The van der Waals surface area contributed by atoms with Gasteiger partial charge in [-0.2, -0.15) is 9.40 Å². The van der Waals surface area contributed by atoms with Crippen LogP contribution < -0.4 is 5.32 Å². The summed E-state index contributed by atoms with van der Waals surface area (Å²) >= 11 is 0. The lowest BCUT2D eigenvalue weighted by Gasteiger charge is -2.35. The summed E-state index contributed by atoms with van der Waals surface area (Å²) in [4.78, 5) is 31.3. The molecule has 0 bridgehead atoms. The van der Waals surface area contributed by atoms with Crippen molar-refractivity contribution in [3.8, 4) is 0 Å². The van der Waals surface area contributed by atoms with Crippen LogP contribution in [0.1, 0.15) is 36.2 Å². The van der Waals surface area contributed by atoms with E-state index >= 15 is 0 Å². The number of hydrogen-bond donors (Lipinski definition) is 2. The second kappa shape index (κ2) is 9.56. The minimum atomic E-state index is -3.77. The van der Waals surface area contributed by atoms with E-state index in [9.17, 15) is 18.0 Å². The first-order chi connectivity index (χ1) is 14.7. The Kier molecular flexibility index (Phi) is 7.06. The minimum absolute atomic E-state index is 0.148. The summed E-state index contributed by atoms with van der Waals surface area (Å²) in [6, 6.07) is 6.55. The van der Waals surface area contributed by atoms with Crippen molar-refractivity contribution < 1.29 is 18.0 Å². The number of sulfonamides is 1. The first kappa shape index (κ1) is 22.9. The summed E-state index contributed by atoms with van der Waals surface area (Å²) in [6.07, 6.45) is 1.63. The maximum Gasteiger partial charge on any atom is 0.278 e. The van der Waals surface area contributed by atoms with E-state index in [-0.39, 0.29) is 49.1 Å². The quantitative estimate of drug-likeness (QED) is 0.644. The zero-order valence-corrected chi connectivity index (χ0v) is 18.7. The van der Waals surface area contributed by atoms with Crippen molar-refractivity contribution in [3.05, 3.63) is 41.7 Å². The largest absolute Gasteiger partial charge is 0.340 e. The van der Waals surface area contributed by atoms with E-state index in [1.807, 2.05) is 32.9 Å². The molecule has 1 aromatic heterocycles. The fourth-order valence-electron chi connectivity index (χ4n) is 3.57. The van der Waals surface area contributed by atoms with Gasteiger partial charge in [-0.25, -0.2) is 18.5 Å². The summed E-state index contributed by atoms with van der Waals surface area (Å²) in [5.41, 5.74) is 1.37. The average Bonchev–Trinajstić information content (AvgIpc) is 3.28. The number of benzene rings is 1. The molecule has 0 radical (unpaired) electrons. The van der Waals surface area contributed by atoms with Gasteiger partial charge in [0.2, 0.25) is 5.91 Å². The molecule has 1 aliphatic heterocycles. The highest BCUT2D eigenvalue weighted by molar-refractivity contribution is 7.88. The molecule has 2 N–H and O–H groups in total. The highest BCUT2D eigenvalue weighted by Crippen LogP contribution is 2.16. The molecule has 2 amide bonds. The van der Waals surface area contributed by atoms with Crippen LogP contribution in [0.25, 0.3) is 0 Å². The smallest absolute Gasteiger partial charge is 0.278 e. The van der Waals surface area contributed by atoms with E-state index in [0.29, 0.717) is 12.0 Å². The van der Waals surface area contributed by atoms with Crippen LogP contribution >= 0.6 is 0 Å². The standard InChI is InChI=1S/C20H28N6O4S/c1-14(2)12-17(23-18(27)16-7-5-4-6-15(16)3)19(28)25-8-10-26(11-9-25)31(29,30)20-21-13-22-24-20/h4-7,13-14,17H,8-12H2,1-3H3,(H,23,27)(H,21,22,24)/t17-/m1/s1. The minimum Gasteiger partial charge on any atom is -0.340 e. The predicted molar refractivity (Wildman–Crippen MR) is 114 cm³/mol. The molecule has 1 saturated heterocycles. The number of piperazine rings is 1. The van der Waals surface area contributed by atoms with Gasteiger partial charge in [-0.1, -0.05) is 32.0 Å². The molecule has 0 unspecified atom stereocenters. The number of rotatable bonds is 7. The Labute approximate surface area is 182 Å². The predicted octanol–water partition coefficient (Wildman–Crippen LogP) is 0.791. The Balaban J connectivity index is 1.67. The molecule has 1 fully saturated rings. The van der Waals surface area contributed by atoms with Gasteiger partial charge in [0.05, 0.1) is 0 Å². The van der Waals surface area contributed by atoms with Crippen LogP contribution in [-0.4, -0.2) is 76.8 Å². The van der Waals surface area contributed by atoms with Gasteiger partial charge in [0.15, 0.2) is 0 Å². The number of aromatic amines is 1. The second-order valence-corrected chi connectivity index (χ2v) is 9.84. The lowest BCUT2D eigenvalue weighted by Crippen LogP contribution is -2.56. The van der Waals surface area contributed by atoms with Crippen molar-refractivity contribution in [1.29, 1.82) is 0 Å². The zero-order chi connectivity index (χ0) is 22.6. The Morgan fingerprint density at radius 2 is 1.84 bits per heavy atom. The van der Waals surface area contributed by atoms with E-state index < -0.39 is 16.1 Å². The molecule has 11 heteroatoms. The molecule has 1 atom stereocenters. The highest BCUT2D eigenvalue weighted by atomic mass is 32.2.